The van der Waals surface area contributed by atoms with Crippen LogP contribution in [0.1, 0.15) is 34.2 Å². The van der Waals surface area contributed by atoms with Gasteiger partial charge in [-0.05, 0) is 61.6 Å². The minimum absolute atomic E-state index is 0.0965. The van der Waals surface area contributed by atoms with E-state index >= 15 is 0 Å². The number of anilines is 1. The Morgan fingerprint density at radius 2 is 1.77 bits per heavy atom. The van der Waals surface area contributed by atoms with Crippen LogP contribution < -0.4 is 16.0 Å². The average molecular weight is 604 g/mol. The number of likely N-dealkylation sites (tertiary alicyclic amines) is 1. The highest BCUT2D eigenvalue weighted by molar-refractivity contribution is 5.79. The number of nitrogens with zero attached hydrogens (tertiary/aromatic N) is 2. The minimum atomic E-state index is -1.06. The summed E-state index contributed by atoms with van der Waals surface area (Å²) in [5.41, 5.74) is 5.23. The van der Waals surface area contributed by atoms with Crippen LogP contribution >= 0.6 is 0 Å². The second-order valence-corrected chi connectivity index (χ2v) is 11.1. The topological polar surface area (TPSA) is 142 Å². The highest BCUT2D eigenvalue weighted by Crippen LogP contribution is 2.23. The normalized spacial score (nSPS) is 16.8. The molecule has 1 aliphatic heterocycles. The number of carboxylic acid groups (broad SMARTS) is 1. The molecular weight excluding hydrogens is 562 g/mol. The predicted octanol–water partition coefficient (Wildman–Crippen LogP) is 3.57. The summed E-state index contributed by atoms with van der Waals surface area (Å²) >= 11 is 0. The van der Waals surface area contributed by atoms with E-state index in [4.69, 9.17) is 9.47 Å². The predicted molar refractivity (Wildman–Crippen MR) is 166 cm³/mol. The van der Waals surface area contributed by atoms with Crippen LogP contribution in [0.25, 0.3) is 0 Å². The summed E-state index contributed by atoms with van der Waals surface area (Å²) in [6, 6.07) is 17.9. The fourth-order valence-electron chi connectivity index (χ4n) is 5.32. The number of carbonyl (C=O) groups is 3. The van der Waals surface area contributed by atoms with Crippen LogP contribution in [-0.2, 0) is 32.2 Å². The van der Waals surface area contributed by atoms with Crippen molar-refractivity contribution in [2.24, 2.45) is 0 Å². The Morgan fingerprint density at radius 3 is 2.45 bits per heavy atom. The maximum Gasteiger partial charge on any atom is 0.410 e. The molecule has 1 saturated heterocycles. The van der Waals surface area contributed by atoms with Crippen molar-refractivity contribution in [1.29, 1.82) is 0 Å². The number of rotatable bonds is 14. The molecule has 0 spiro atoms. The molecule has 4 rings (SSSR count). The van der Waals surface area contributed by atoms with Gasteiger partial charge in [0.15, 0.2) is 0 Å². The first-order valence-corrected chi connectivity index (χ1v) is 14.7. The van der Waals surface area contributed by atoms with Gasteiger partial charge in [-0.1, -0.05) is 54.1 Å². The maximum atomic E-state index is 13.1. The number of carboxylic acids is 1. The number of carbonyl (C=O) groups excluding carboxylic acids is 2. The van der Waals surface area contributed by atoms with E-state index in [0.717, 1.165) is 27.8 Å². The van der Waals surface area contributed by atoms with E-state index in [0.29, 0.717) is 25.3 Å². The Hall–Kier alpha value is -4.48. The van der Waals surface area contributed by atoms with E-state index in [1.807, 2.05) is 69.3 Å². The molecule has 11 heteroatoms. The Labute approximate surface area is 258 Å². The highest BCUT2D eigenvalue weighted by Gasteiger charge is 2.37. The molecule has 3 unspecified atom stereocenters. The van der Waals surface area contributed by atoms with Crippen LogP contribution in [0.15, 0.2) is 66.9 Å². The summed E-state index contributed by atoms with van der Waals surface area (Å²) < 4.78 is 11.5. The monoisotopic (exact) mass is 603 g/mol. The van der Waals surface area contributed by atoms with Gasteiger partial charge in [-0.2, -0.15) is 0 Å². The van der Waals surface area contributed by atoms with Crippen LogP contribution in [0.5, 0.6) is 0 Å². The first kappa shape index (κ1) is 32.4. The van der Waals surface area contributed by atoms with Crippen LogP contribution in [-0.4, -0.2) is 77.4 Å². The summed E-state index contributed by atoms with van der Waals surface area (Å²) in [5.74, 6) is -0.811. The van der Waals surface area contributed by atoms with Crippen molar-refractivity contribution >= 4 is 23.8 Å². The summed E-state index contributed by atoms with van der Waals surface area (Å²) in [5, 5.41) is 18.7. The van der Waals surface area contributed by atoms with Crippen LogP contribution in [0, 0.1) is 20.8 Å². The third-order valence-corrected chi connectivity index (χ3v) is 7.62. The lowest BCUT2D eigenvalue weighted by Crippen LogP contribution is -2.46. The number of nitrogens with one attached hydrogen (secondary N) is 3. The van der Waals surface area contributed by atoms with Crippen LogP contribution in [0.4, 0.5) is 10.6 Å². The second-order valence-electron chi connectivity index (χ2n) is 11.1. The summed E-state index contributed by atoms with van der Waals surface area (Å²) in [6.07, 6.45) is 1.30. The smallest absolute Gasteiger partial charge is 0.410 e. The van der Waals surface area contributed by atoms with Gasteiger partial charge in [-0.3, -0.25) is 14.9 Å². The highest BCUT2D eigenvalue weighted by atomic mass is 16.6. The van der Waals surface area contributed by atoms with E-state index in [1.165, 1.54) is 0 Å². The molecule has 4 N–H and O–H groups in total. The lowest BCUT2D eigenvalue weighted by atomic mass is 9.99. The SMILES string of the molecule is Cc1cc(C)c(CNC(CNC(=O)COC2CC(CNc3ccccn3)N(C(=O)OCc3ccccc3)C2)C(=O)O)c(C)c1. The largest absolute Gasteiger partial charge is 0.480 e. The fourth-order valence-corrected chi connectivity index (χ4v) is 5.32. The van der Waals surface area contributed by atoms with Gasteiger partial charge in [0.2, 0.25) is 5.91 Å². The minimum Gasteiger partial charge on any atom is -0.480 e. The van der Waals surface area contributed by atoms with Crippen molar-refractivity contribution in [2.45, 2.75) is 58.5 Å². The van der Waals surface area contributed by atoms with E-state index < -0.39 is 30.1 Å². The molecule has 0 saturated carbocycles. The lowest BCUT2D eigenvalue weighted by Gasteiger charge is -2.24. The molecule has 0 aliphatic carbocycles. The molecule has 2 amide bonds. The van der Waals surface area contributed by atoms with Crippen LogP contribution in [0.2, 0.25) is 0 Å². The number of aliphatic carboxylic acids is 1. The molecule has 2 aromatic carbocycles. The standard InChI is InChI=1S/C33H41N5O6/c1-22-13-23(2)28(24(3)14-22)17-35-29(32(40)41)18-37-31(39)21-43-27-15-26(16-36-30-11-7-8-12-34-30)38(19-27)33(42)44-20-25-9-5-4-6-10-25/h4-14,26-27,29,35H,15-21H2,1-3H3,(H,34,36)(H,37,39)(H,40,41). The number of ether oxygens (including phenoxy) is 2. The van der Waals surface area contributed by atoms with Crippen molar-refractivity contribution in [3.8, 4) is 0 Å². The quantitative estimate of drug-likeness (QED) is 0.218. The van der Waals surface area contributed by atoms with Gasteiger partial charge in [-0.25, -0.2) is 9.78 Å². The Morgan fingerprint density at radius 1 is 1.05 bits per heavy atom. The van der Waals surface area contributed by atoms with Gasteiger partial charge < -0.3 is 30.1 Å². The zero-order valence-corrected chi connectivity index (χ0v) is 25.4. The third-order valence-electron chi connectivity index (χ3n) is 7.62. The van der Waals surface area contributed by atoms with Gasteiger partial charge in [0.1, 0.15) is 25.1 Å². The summed E-state index contributed by atoms with van der Waals surface area (Å²) in [7, 11) is 0. The van der Waals surface area contributed by atoms with Gasteiger partial charge in [0.05, 0.1) is 18.7 Å². The van der Waals surface area contributed by atoms with Gasteiger partial charge in [-0.15, -0.1) is 0 Å². The number of hydrogen-bond acceptors (Lipinski definition) is 8. The number of aromatic nitrogens is 1. The Kier molecular flexibility index (Phi) is 11.7. The maximum absolute atomic E-state index is 13.1. The molecule has 1 aliphatic rings. The summed E-state index contributed by atoms with van der Waals surface area (Å²) in [4.78, 5) is 43.4. The molecule has 3 atom stereocenters. The van der Waals surface area contributed by atoms with Crippen molar-refractivity contribution in [3.05, 3.63) is 94.7 Å². The van der Waals surface area contributed by atoms with Crippen molar-refractivity contribution in [1.82, 2.24) is 20.5 Å². The van der Waals surface area contributed by atoms with E-state index in [-0.39, 0.29) is 32.3 Å². The van der Waals surface area contributed by atoms with Crippen molar-refractivity contribution in [3.63, 3.8) is 0 Å². The van der Waals surface area contributed by atoms with Gasteiger partial charge in [0, 0.05) is 25.8 Å². The summed E-state index contributed by atoms with van der Waals surface area (Å²) in [6.45, 7) is 6.85. The van der Waals surface area contributed by atoms with E-state index in [9.17, 15) is 19.5 Å². The van der Waals surface area contributed by atoms with Crippen molar-refractivity contribution in [2.75, 3.05) is 31.6 Å². The number of aryl methyl sites for hydroxylation is 3. The fraction of sp³-hybridized carbons (Fsp3) is 0.394. The Balaban J connectivity index is 1.28. The number of benzene rings is 2. The van der Waals surface area contributed by atoms with Gasteiger partial charge in [0.25, 0.3) is 0 Å². The lowest BCUT2D eigenvalue weighted by molar-refractivity contribution is -0.139. The van der Waals surface area contributed by atoms with Crippen LogP contribution in [0.3, 0.4) is 0 Å². The van der Waals surface area contributed by atoms with E-state index in [1.54, 1.807) is 11.1 Å². The Bertz CT molecular complexity index is 1380. The average Bonchev–Trinajstić information content (AvgIpc) is 3.42. The molecule has 11 nitrogen and oxygen atoms in total. The zero-order valence-electron chi connectivity index (χ0n) is 25.4. The number of amides is 2. The molecular formula is C33H41N5O6. The second kappa shape index (κ2) is 15.8. The molecule has 0 radical (unpaired) electrons. The first-order chi connectivity index (χ1) is 21.2. The molecule has 44 heavy (non-hydrogen) atoms. The molecule has 3 aromatic rings. The molecule has 1 fully saturated rings. The first-order valence-electron chi connectivity index (χ1n) is 14.7. The molecule has 0 bridgehead atoms. The molecule has 1 aromatic heterocycles. The van der Waals surface area contributed by atoms with Crippen molar-refractivity contribution < 1.29 is 29.0 Å². The molecule has 2 heterocycles. The molecule has 234 valence electrons. The number of pyridine rings is 1. The van der Waals surface area contributed by atoms with E-state index in [2.05, 4.69) is 33.1 Å². The van der Waals surface area contributed by atoms with Gasteiger partial charge >= 0.3 is 12.1 Å². The third kappa shape index (κ3) is 9.51. The zero-order chi connectivity index (χ0) is 31.5. The number of hydrogen-bond donors (Lipinski definition) is 4.